The second kappa shape index (κ2) is 13.0. The Kier molecular flexibility index (Phi) is 7.70. The van der Waals surface area contributed by atoms with E-state index in [1.54, 1.807) is 0 Å². The Morgan fingerprint density at radius 1 is 0.185 bits per heavy atom. The molecule has 0 spiro atoms. The molecule has 0 aliphatic heterocycles. The standard InChI is InChI=1S/C54H38/c1-35-21-25-37(26-22-35)39-29-31-51(43-13-5-3-11-41(39)43)49-19-9-18-48-47(49)17-10-20-50(48)52-33-34-54(46-16-8-7-15-45(46)52)53-32-30-40(38-27-23-36(2)24-28-38)42-12-4-6-14-44(42)53/h3-34H,1-2H3. The first kappa shape index (κ1) is 31.9. The molecule has 0 nitrogen and oxygen atoms in total. The summed E-state index contributed by atoms with van der Waals surface area (Å²) in [5.41, 5.74) is 15.1. The highest BCUT2D eigenvalue weighted by atomic mass is 14.2. The lowest BCUT2D eigenvalue weighted by molar-refractivity contribution is 1.47. The summed E-state index contributed by atoms with van der Waals surface area (Å²) in [5.74, 6) is 0. The van der Waals surface area contributed by atoms with Crippen molar-refractivity contribution in [2.75, 3.05) is 0 Å². The third-order valence-corrected chi connectivity index (χ3v) is 11.3. The van der Waals surface area contributed by atoms with Gasteiger partial charge >= 0.3 is 0 Å². The van der Waals surface area contributed by atoms with Crippen LogP contribution >= 0.6 is 0 Å². The Morgan fingerprint density at radius 3 is 0.704 bits per heavy atom. The van der Waals surface area contributed by atoms with Crippen LogP contribution in [-0.2, 0) is 0 Å². The zero-order valence-electron chi connectivity index (χ0n) is 30.5. The lowest BCUT2D eigenvalue weighted by Crippen LogP contribution is -1.91. The van der Waals surface area contributed by atoms with Gasteiger partial charge in [0.25, 0.3) is 0 Å². The Labute approximate surface area is 316 Å². The van der Waals surface area contributed by atoms with E-state index in [0.29, 0.717) is 0 Å². The molecule has 0 N–H and O–H groups in total. The molecule has 10 aromatic carbocycles. The molecule has 0 aliphatic rings. The van der Waals surface area contributed by atoms with E-state index < -0.39 is 0 Å². The van der Waals surface area contributed by atoms with E-state index in [1.807, 2.05) is 0 Å². The summed E-state index contributed by atoms with van der Waals surface area (Å²) < 4.78 is 0. The average molecular weight is 687 g/mol. The Bertz CT molecular complexity index is 2870. The summed E-state index contributed by atoms with van der Waals surface area (Å²) in [4.78, 5) is 0. The first-order valence-electron chi connectivity index (χ1n) is 18.8. The van der Waals surface area contributed by atoms with Crippen LogP contribution in [0.4, 0.5) is 0 Å². The molecule has 0 aromatic heterocycles. The van der Waals surface area contributed by atoms with Gasteiger partial charge in [-0.3, -0.25) is 0 Å². The van der Waals surface area contributed by atoms with Crippen molar-refractivity contribution in [2.24, 2.45) is 0 Å². The predicted octanol–water partition coefficient (Wildman–Crippen LogP) is 15.3. The van der Waals surface area contributed by atoms with Crippen LogP contribution in [0.1, 0.15) is 11.1 Å². The number of aryl methyl sites for hydroxylation is 2. The number of hydrogen-bond acceptors (Lipinski definition) is 0. The Hall–Kier alpha value is -6.76. The average Bonchev–Trinajstić information content (AvgIpc) is 3.23. The molecule has 0 fully saturated rings. The van der Waals surface area contributed by atoms with E-state index in [4.69, 9.17) is 0 Å². The summed E-state index contributed by atoms with van der Waals surface area (Å²) in [6.45, 7) is 4.29. The third-order valence-electron chi connectivity index (χ3n) is 11.3. The lowest BCUT2D eigenvalue weighted by Gasteiger charge is -2.18. The SMILES string of the molecule is Cc1ccc(-c2ccc(-c3cccc4c(-c5ccc(-c6ccc(-c7ccc(C)cc7)c7ccccc67)c6ccccc56)cccc34)c3ccccc23)cc1. The second-order valence-corrected chi connectivity index (χ2v) is 14.6. The van der Waals surface area contributed by atoms with Crippen molar-refractivity contribution in [1.82, 2.24) is 0 Å². The summed E-state index contributed by atoms with van der Waals surface area (Å²) in [7, 11) is 0. The quantitative estimate of drug-likeness (QED) is 0.169. The van der Waals surface area contributed by atoms with E-state index in [9.17, 15) is 0 Å². The van der Waals surface area contributed by atoms with E-state index in [2.05, 4.69) is 208 Å². The number of benzene rings is 10. The topological polar surface area (TPSA) is 0 Å². The molecule has 10 aromatic rings. The molecule has 0 amide bonds. The van der Waals surface area contributed by atoms with Gasteiger partial charge in [-0.2, -0.15) is 0 Å². The molecule has 10 rings (SSSR count). The zero-order valence-corrected chi connectivity index (χ0v) is 30.5. The molecule has 0 aliphatic carbocycles. The van der Waals surface area contributed by atoms with Crippen LogP contribution < -0.4 is 0 Å². The maximum absolute atomic E-state index is 2.34. The van der Waals surface area contributed by atoms with Gasteiger partial charge < -0.3 is 0 Å². The van der Waals surface area contributed by atoms with Crippen LogP contribution in [0.2, 0.25) is 0 Å². The van der Waals surface area contributed by atoms with Crippen molar-refractivity contribution in [3.63, 3.8) is 0 Å². The first-order chi connectivity index (χ1) is 26.6. The van der Waals surface area contributed by atoms with Crippen LogP contribution in [0.25, 0.3) is 98.7 Å². The minimum Gasteiger partial charge on any atom is -0.0616 e. The van der Waals surface area contributed by atoms with E-state index in [-0.39, 0.29) is 0 Å². The number of rotatable bonds is 5. The molecule has 254 valence electrons. The Balaban J connectivity index is 1.13. The van der Waals surface area contributed by atoms with Crippen LogP contribution in [0.15, 0.2) is 194 Å². The summed E-state index contributed by atoms with van der Waals surface area (Å²) >= 11 is 0. The molecule has 0 unspecified atom stereocenters. The molecular formula is C54H38. The van der Waals surface area contributed by atoms with Crippen molar-refractivity contribution in [1.29, 1.82) is 0 Å². The first-order valence-corrected chi connectivity index (χ1v) is 18.8. The van der Waals surface area contributed by atoms with E-state index in [1.165, 1.54) is 110 Å². The van der Waals surface area contributed by atoms with Crippen molar-refractivity contribution in [3.8, 4) is 55.6 Å². The minimum absolute atomic E-state index is 1.24. The summed E-state index contributed by atoms with van der Waals surface area (Å²) in [5, 5.41) is 10.1. The van der Waals surface area contributed by atoms with Crippen molar-refractivity contribution < 1.29 is 0 Å². The smallest absolute Gasteiger partial charge is 0.00987 e. The molecule has 54 heavy (non-hydrogen) atoms. The van der Waals surface area contributed by atoms with Gasteiger partial charge in [-0.05, 0) is 113 Å². The number of fused-ring (bicyclic) bond motifs is 4. The fourth-order valence-electron chi connectivity index (χ4n) is 8.59. The lowest BCUT2D eigenvalue weighted by atomic mass is 9.86. The van der Waals surface area contributed by atoms with Crippen molar-refractivity contribution in [2.45, 2.75) is 13.8 Å². The highest BCUT2D eigenvalue weighted by Gasteiger charge is 2.17. The van der Waals surface area contributed by atoms with Crippen LogP contribution in [0.3, 0.4) is 0 Å². The maximum Gasteiger partial charge on any atom is -0.00987 e. The van der Waals surface area contributed by atoms with Gasteiger partial charge in [0.2, 0.25) is 0 Å². The summed E-state index contributed by atoms with van der Waals surface area (Å²) in [6.07, 6.45) is 0. The normalized spacial score (nSPS) is 11.5. The Morgan fingerprint density at radius 2 is 0.407 bits per heavy atom. The number of hydrogen-bond donors (Lipinski definition) is 0. The highest BCUT2D eigenvalue weighted by molar-refractivity contribution is 6.16. The van der Waals surface area contributed by atoms with Crippen LogP contribution in [0, 0.1) is 13.8 Å². The van der Waals surface area contributed by atoms with Gasteiger partial charge in [0.15, 0.2) is 0 Å². The highest BCUT2D eigenvalue weighted by Crippen LogP contribution is 2.44. The van der Waals surface area contributed by atoms with Crippen LogP contribution in [0.5, 0.6) is 0 Å². The molecule has 0 saturated carbocycles. The fourth-order valence-corrected chi connectivity index (χ4v) is 8.59. The third kappa shape index (κ3) is 5.30. The molecular weight excluding hydrogens is 649 g/mol. The summed E-state index contributed by atoms with van der Waals surface area (Å²) in [6, 6.07) is 71.9. The van der Waals surface area contributed by atoms with Crippen molar-refractivity contribution >= 4 is 43.1 Å². The molecule has 0 atom stereocenters. The molecule has 0 bridgehead atoms. The van der Waals surface area contributed by atoms with Gasteiger partial charge in [-0.25, -0.2) is 0 Å². The maximum atomic E-state index is 2.34. The van der Waals surface area contributed by atoms with Crippen LogP contribution in [-0.4, -0.2) is 0 Å². The molecule has 0 saturated heterocycles. The van der Waals surface area contributed by atoms with Gasteiger partial charge in [0, 0.05) is 0 Å². The predicted molar refractivity (Wildman–Crippen MR) is 233 cm³/mol. The van der Waals surface area contributed by atoms with Gasteiger partial charge in [0.05, 0.1) is 0 Å². The van der Waals surface area contributed by atoms with E-state index >= 15 is 0 Å². The fraction of sp³-hybridized carbons (Fsp3) is 0.0370. The minimum atomic E-state index is 1.24. The molecule has 0 heterocycles. The molecule has 0 heteroatoms. The second-order valence-electron chi connectivity index (χ2n) is 14.6. The van der Waals surface area contributed by atoms with Crippen molar-refractivity contribution in [3.05, 3.63) is 205 Å². The largest absolute Gasteiger partial charge is 0.0616 e. The van der Waals surface area contributed by atoms with E-state index in [0.717, 1.165) is 0 Å². The zero-order chi connectivity index (χ0) is 36.2. The van der Waals surface area contributed by atoms with Gasteiger partial charge in [0.1, 0.15) is 0 Å². The van der Waals surface area contributed by atoms with Gasteiger partial charge in [-0.15, -0.1) is 0 Å². The molecule has 0 radical (unpaired) electrons. The monoisotopic (exact) mass is 686 g/mol. The van der Waals surface area contributed by atoms with Gasteiger partial charge in [-0.1, -0.05) is 205 Å².